The third kappa shape index (κ3) is 4.31. The number of hydrazine groups is 1. The van der Waals surface area contributed by atoms with Crippen molar-refractivity contribution < 1.29 is 9.53 Å². The van der Waals surface area contributed by atoms with Crippen LogP contribution in [-0.2, 0) is 4.79 Å². The van der Waals surface area contributed by atoms with Gasteiger partial charge in [0, 0.05) is 5.38 Å². The maximum absolute atomic E-state index is 12.4. The molecule has 1 fully saturated rings. The van der Waals surface area contributed by atoms with Gasteiger partial charge in [0.25, 0.3) is 0 Å². The highest BCUT2D eigenvalue weighted by molar-refractivity contribution is 7.09. The number of hydrogen-bond acceptors (Lipinski definition) is 6. The summed E-state index contributed by atoms with van der Waals surface area (Å²) in [7, 11) is 0. The molecule has 1 saturated heterocycles. The lowest BCUT2D eigenvalue weighted by Crippen LogP contribution is -2.44. The summed E-state index contributed by atoms with van der Waals surface area (Å²) in [4.78, 5) is 16.8. The van der Waals surface area contributed by atoms with Crippen molar-refractivity contribution in [2.45, 2.75) is 38.4 Å². The minimum atomic E-state index is -0.267. The summed E-state index contributed by atoms with van der Waals surface area (Å²) in [6, 6.07) is 9.40. The highest BCUT2D eigenvalue weighted by Gasteiger charge is 2.30. The van der Waals surface area contributed by atoms with Crippen LogP contribution in [0.25, 0.3) is 0 Å². The highest BCUT2D eigenvalue weighted by atomic mass is 32.1. The number of thiazole rings is 1. The van der Waals surface area contributed by atoms with Crippen LogP contribution in [0.1, 0.15) is 30.1 Å². The predicted octanol–water partition coefficient (Wildman–Crippen LogP) is 1.94. The zero-order valence-electron chi connectivity index (χ0n) is 13.8. The van der Waals surface area contributed by atoms with E-state index in [0.29, 0.717) is 13.0 Å². The van der Waals surface area contributed by atoms with Gasteiger partial charge in [0.2, 0.25) is 5.91 Å². The van der Waals surface area contributed by atoms with Crippen molar-refractivity contribution in [3.8, 4) is 5.75 Å². The van der Waals surface area contributed by atoms with Gasteiger partial charge in [0.1, 0.15) is 18.4 Å². The number of benzene rings is 1. The fourth-order valence-electron chi connectivity index (χ4n) is 2.58. The van der Waals surface area contributed by atoms with Crippen LogP contribution in [0.3, 0.4) is 0 Å². The molecule has 1 amide bonds. The summed E-state index contributed by atoms with van der Waals surface area (Å²) in [6.45, 7) is 4.43. The molecule has 1 aromatic carbocycles. The standard InChI is InChI=1S/C17H22N4O2S/c1-11(16-10-24-12(2)19-16)18-17(22)15-8-13(20-21-15)9-23-14-6-4-3-5-7-14/h3-7,10-11,13,15,20-21H,8-9H2,1-2H3,(H,18,22). The molecule has 3 rings (SSSR count). The number of amides is 1. The van der Waals surface area contributed by atoms with Crippen LogP contribution in [0, 0.1) is 6.92 Å². The number of nitrogens with zero attached hydrogens (tertiary/aromatic N) is 1. The molecule has 24 heavy (non-hydrogen) atoms. The van der Waals surface area contributed by atoms with Crippen LogP contribution in [0.5, 0.6) is 5.75 Å². The summed E-state index contributed by atoms with van der Waals surface area (Å²) >= 11 is 1.59. The molecule has 1 aromatic heterocycles. The molecule has 0 spiro atoms. The van der Waals surface area contributed by atoms with E-state index in [-0.39, 0.29) is 24.0 Å². The fraction of sp³-hybridized carbons (Fsp3) is 0.412. The second-order valence-corrected chi connectivity index (χ2v) is 6.98. The second kappa shape index (κ2) is 7.74. The molecular weight excluding hydrogens is 324 g/mol. The number of carbonyl (C=O) groups is 1. The Morgan fingerprint density at radius 2 is 2.21 bits per heavy atom. The maximum atomic E-state index is 12.4. The molecule has 1 aliphatic heterocycles. The van der Waals surface area contributed by atoms with Crippen molar-refractivity contribution in [1.82, 2.24) is 21.2 Å². The second-order valence-electron chi connectivity index (χ2n) is 5.92. The summed E-state index contributed by atoms with van der Waals surface area (Å²) in [6.07, 6.45) is 0.682. The van der Waals surface area contributed by atoms with Crippen molar-refractivity contribution in [2.24, 2.45) is 0 Å². The van der Waals surface area contributed by atoms with E-state index in [1.165, 1.54) is 0 Å². The van der Waals surface area contributed by atoms with Crippen LogP contribution in [0.15, 0.2) is 35.7 Å². The van der Waals surface area contributed by atoms with Gasteiger partial charge in [0.15, 0.2) is 0 Å². The Bertz CT molecular complexity index is 676. The van der Waals surface area contributed by atoms with Crippen molar-refractivity contribution in [3.63, 3.8) is 0 Å². The number of ether oxygens (including phenoxy) is 1. The van der Waals surface area contributed by atoms with Gasteiger partial charge >= 0.3 is 0 Å². The minimum Gasteiger partial charge on any atom is -0.492 e. The summed E-state index contributed by atoms with van der Waals surface area (Å²) in [5.41, 5.74) is 7.07. The van der Waals surface area contributed by atoms with E-state index in [1.54, 1.807) is 11.3 Å². The SMILES string of the molecule is Cc1nc(C(C)NC(=O)C2CC(COc3ccccc3)NN2)cs1. The molecule has 3 N–H and O–H groups in total. The van der Waals surface area contributed by atoms with Crippen molar-refractivity contribution in [2.75, 3.05) is 6.61 Å². The number of para-hydroxylation sites is 1. The van der Waals surface area contributed by atoms with Gasteiger partial charge in [-0.2, -0.15) is 0 Å². The zero-order chi connectivity index (χ0) is 16.9. The van der Waals surface area contributed by atoms with Crippen molar-refractivity contribution >= 4 is 17.2 Å². The first-order chi connectivity index (χ1) is 11.6. The number of nitrogens with one attached hydrogen (secondary N) is 3. The molecule has 2 heterocycles. The lowest BCUT2D eigenvalue weighted by atomic mass is 10.1. The van der Waals surface area contributed by atoms with Crippen LogP contribution in [0.2, 0.25) is 0 Å². The molecule has 0 bridgehead atoms. The Hall–Kier alpha value is -1.96. The molecule has 7 heteroatoms. The molecule has 3 atom stereocenters. The van der Waals surface area contributed by atoms with Gasteiger partial charge in [-0.15, -0.1) is 11.3 Å². The number of hydrogen-bond donors (Lipinski definition) is 3. The fourth-order valence-corrected chi connectivity index (χ4v) is 3.29. The van der Waals surface area contributed by atoms with Gasteiger partial charge in [-0.25, -0.2) is 10.4 Å². The molecule has 6 nitrogen and oxygen atoms in total. The van der Waals surface area contributed by atoms with Gasteiger partial charge in [-0.3, -0.25) is 10.2 Å². The topological polar surface area (TPSA) is 75.3 Å². The predicted molar refractivity (Wildman–Crippen MR) is 93.8 cm³/mol. The van der Waals surface area contributed by atoms with E-state index in [9.17, 15) is 4.79 Å². The average molecular weight is 346 g/mol. The van der Waals surface area contributed by atoms with Crippen LogP contribution in [0.4, 0.5) is 0 Å². The molecule has 128 valence electrons. The Morgan fingerprint density at radius 3 is 2.92 bits per heavy atom. The Morgan fingerprint density at radius 1 is 1.42 bits per heavy atom. The van der Waals surface area contributed by atoms with Gasteiger partial charge in [-0.05, 0) is 32.4 Å². The maximum Gasteiger partial charge on any atom is 0.239 e. The molecule has 0 radical (unpaired) electrons. The highest BCUT2D eigenvalue weighted by Crippen LogP contribution is 2.17. The van der Waals surface area contributed by atoms with E-state index in [2.05, 4.69) is 21.2 Å². The van der Waals surface area contributed by atoms with Crippen molar-refractivity contribution in [3.05, 3.63) is 46.4 Å². The number of carbonyl (C=O) groups excluding carboxylic acids is 1. The normalized spacial score (nSPS) is 21.4. The van der Waals surface area contributed by atoms with Gasteiger partial charge in [0.05, 0.1) is 22.8 Å². The van der Waals surface area contributed by atoms with Crippen LogP contribution < -0.4 is 20.9 Å². The molecular formula is C17H22N4O2S. The summed E-state index contributed by atoms with van der Waals surface area (Å²) in [5, 5.41) is 6.00. The van der Waals surface area contributed by atoms with E-state index in [1.807, 2.05) is 49.6 Å². The first-order valence-electron chi connectivity index (χ1n) is 8.03. The van der Waals surface area contributed by atoms with Crippen molar-refractivity contribution in [1.29, 1.82) is 0 Å². The summed E-state index contributed by atoms with van der Waals surface area (Å²) < 4.78 is 5.73. The lowest BCUT2D eigenvalue weighted by molar-refractivity contribution is -0.123. The van der Waals surface area contributed by atoms with E-state index < -0.39 is 0 Å². The largest absolute Gasteiger partial charge is 0.492 e. The lowest BCUT2D eigenvalue weighted by Gasteiger charge is -2.15. The molecule has 0 aliphatic carbocycles. The van der Waals surface area contributed by atoms with Gasteiger partial charge in [-0.1, -0.05) is 18.2 Å². The zero-order valence-corrected chi connectivity index (χ0v) is 14.6. The molecule has 1 aliphatic rings. The smallest absolute Gasteiger partial charge is 0.239 e. The molecule has 2 aromatic rings. The number of aromatic nitrogens is 1. The first kappa shape index (κ1) is 16.9. The third-order valence-corrected chi connectivity index (χ3v) is 4.72. The number of rotatable bonds is 6. The molecule has 0 saturated carbocycles. The van der Waals surface area contributed by atoms with Crippen LogP contribution in [-0.4, -0.2) is 29.6 Å². The number of aryl methyl sites for hydroxylation is 1. The van der Waals surface area contributed by atoms with Crippen LogP contribution >= 0.6 is 11.3 Å². The Kier molecular flexibility index (Phi) is 5.44. The first-order valence-corrected chi connectivity index (χ1v) is 8.91. The third-order valence-electron chi connectivity index (χ3n) is 3.93. The van der Waals surface area contributed by atoms with Gasteiger partial charge < -0.3 is 10.1 Å². The quantitative estimate of drug-likeness (QED) is 0.745. The van der Waals surface area contributed by atoms with E-state index in [4.69, 9.17) is 4.74 Å². The molecule has 3 unspecified atom stereocenters. The Labute approximate surface area is 145 Å². The monoisotopic (exact) mass is 346 g/mol. The van der Waals surface area contributed by atoms with E-state index >= 15 is 0 Å². The minimum absolute atomic E-state index is 0.0251. The Balaban J connectivity index is 1.45. The average Bonchev–Trinajstić information content (AvgIpc) is 3.23. The summed E-state index contributed by atoms with van der Waals surface area (Å²) in [5.74, 6) is 0.808. The van der Waals surface area contributed by atoms with E-state index in [0.717, 1.165) is 16.5 Å².